The van der Waals surface area contributed by atoms with Gasteiger partial charge in [0.1, 0.15) is 5.75 Å². The van der Waals surface area contributed by atoms with Crippen LogP contribution in [0.4, 0.5) is 0 Å². The van der Waals surface area contributed by atoms with Crippen molar-refractivity contribution in [1.29, 1.82) is 0 Å². The number of carbonyl (C=O) groups is 1. The van der Waals surface area contributed by atoms with Gasteiger partial charge in [-0.1, -0.05) is 12.1 Å². The van der Waals surface area contributed by atoms with Crippen LogP contribution in [0.25, 0.3) is 0 Å². The van der Waals surface area contributed by atoms with Crippen LogP contribution >= 0.6 is 0 Å². The number of ether oxygens (including phenoxy) is 1. The molecule has 2 aromatic rings. The van der Waals surface area contributed by atoms with E-state index in [1.807, 2.05) is 45.2 Å². The first-order valence-electron chi connectivity index (χ1n) is 6.36. The summed E-state index contributed by atoms with van der Waals surface area (Å²) >= 11 is 0. The minimum Gasteiger partial charge on any atom is -0.493 e. The molecule has 0 fully saturated rings. The molecule has 0 unspecified atom stereocenters. The lowest BCUT2D eigenvalue weighted by Crippen LogP contribution is -2.09. The van der Waals surface area contributed by atoms with E-state index in [0.717, 1.165) is 11.4 Å². The molecule has 4 nitrogen and oxygen atoms in total. The van der Waals surface area contributed by atoms with E-state index in [0.29, 0.717) is 24.3 Å². The van der Waals surface area contributed by atoms with Gasteiger partial charge in [-0.05, 0) is 32.0 Å². The Morgan fingerprint density at radius 1 is 1.37 bits per heavy atom. The number of aromatic nitrogens is 2. The zero-order chi connectivity index (χ0) is 13.8. The summed E-state index contributed by atoms with van der Waals surface area (Å²) in [7, 11) is 1.85. The van der Waals surface area contributed by atoms with Crippen LogP contribution in [-0.4, -0.2) is 22.2 Å². The highest BCUT2D eigenvalue weighted by molar-refractivity contribution is 5.99. The molecule has 0 radical (unpaired) electrons. The number of para-hydroxylation sites is 1. The fourth-order valence-electron chi connectivity index (χ4n) is 2.07. The molecule has 0 N–H and O–H groups in total. The Balaban J connectivity index is 2.22. The van der Waals surface area contributed by atoms with E-state index >= 15 is 0 Å². The zero-order valence-corrected chi connectivity index (χ0v) is 11.5. The molecule has 1 aromatic heterocycles. The lowest BCUT2D eigenvalue weighted by Gasteiger charge is -2.09. The van der Waals surface area contributed by atoms with Crippen LogP contribution < -0.4 is 4.74 Å². The third kappa shape index (κ3) is 3.02. The number of nitrogens with zero attached hydrogens (tertiary/aromatic N) is 2. The van der Waals surface area contributed by atoms with Crippen molar-refractivity contribution in [3.63, 3.8) is 0 Å². The van der Waals surface area contributed by atoms with Crippen LogP contribution in [0.2, 0.25) is 0 Å². The highest BCUT2D eigenvalue weighted by Gasteiger charge is 2.14. The minimum absolute atomic E-state index is 0.0482. The van der Waals surface area contributed by atoms with Crippen LogP contribution in [0, 0.1) is 6.92 Å². The predicted molar refractivity (Wildman–Crippen MR) is 73.6 cm³/mol. The summed E-state index contributed by atoms with van der Waals surface area (Å²) in [5.41, 5.74) is 2.46. The largest absolute Gasteiger partial charge is 0.493 e. The van der Waals surface area contributed by atoms with Crippen molar-refractivity contribution in [3.05, 3.63) is 47.3 Å². The van der Waals surface area contributed by atoms with Gasteiger partial charge >= 0.3 is 0 Å². The topological polar surface area (TPSA) is 44.1 Å². The average molecular weight is 258 g/mol. The van der Waals surface area contributed by atoms with Gasteiger partial charge in [0, 0.05) is 12.7 Å². The Bertz CT molecular complexity index is 588. The Hall–Kier alpha value is -2.10. The lowest BCUT2D eigenvalue weighted by atomic mass is 10.1. The number of carbonyl (C=O) groups excluding carboxylic acids is 1. The van der Waals surface area contributed by atoms with Gasteiger partial charge in [-0.15, -0.1) is 0 Å². The summed E-state index contributed by atoms with van der Waals surface area (Å²) in [5.74, 6) is 0.695. The highest BCUT2D eigenvalue weighted by atomic mass is 16.5. The van der Waals surface area contributed by atoms with Gasteiger partial charge in [-0.3, -0.25) is 9.48 Å². The molecule has 0 bridgehead atoms. The number of Topliss-reactive ketones (excluding diaryl/α,β-unsaturated/α-hetero) is 1. The molecule has 0 saturated carbocycles. The second kappa shape index (κ2) is 5.69. The predicted octanol–water partition coefficient (Wildman–Crippen LogP) is 2.55. The summed E-state index contributed by atoms with van der Waals surface area (Å²) in [6.45, 7) is 4.38. The number of aryl methyl sites for hydroxylation is 2. The Labute approximate surface area is 113 Å². The van der Waals surface area contributed by atoms with E-state index in [9.17, 15) is 4.79 Å². The molecule has 100 valence electrons. The molecular weight excluding hydrogens is 240 g/mol. The molecule has 1 aromatic carbocycles. The number of ketones is 1. The molecular formula is C15H18N2O2. The molecule has 0 atom stereocenters. The molecule has 4 heteroatoms. The second-order valence-corrected chi connectivity index (χ2v) is 4.43. The van der Waals surface area contributed by atoms with Crippen LogP contribution in [0.3, 0.4) is 0 Å². The maximum Gasteiger partial charge on any atom is 0.172 e. The van der Waals surface area contributed by atoms with Gasteiger partial charge in [0.2, 0.25) is 0 Å². The van der Waals surface area contributed by atoms with Crippen LogP contribution in [0.15, 0.2) is 30.3 Å². The van der Waals surface area contributed by atoms with Crippen molar-refractivity contribution >= 4 is 5.78 Å². The van der Waals surface area contributed by atoms with Gasteiger partial charge in [0.15, 0.2) is 5.78 Å². The van der Waals surface area contributed by atoms with E-state index in [-0.39, 0.29) is 5.78 Å². The fraction of sp³-hybridized carbons (Fsp3) is 0.333. The Kier molecular flexibility index (Phi) is 4.00. The molecule has 0 spiro atoms. The van der Waals surface area contributed by atoms with Crippen LogP contribution in [0.5, 0.6) is 5.75 Å². The molecule has 0 aliphatic carbocycles. The monoisotopic (exact) mass is 258 g/mol. The molecule has 0 aliphatic rings. The maximum absolute atomic E-state index is 12.4. The van der Waals surface area contributed by atoms with Crippen molar-refractivity contribution in [2.45, 2.75) is 20.3 Å². The third-order valence-corrected chi connectivity index (χ3v) is 2.93. The normalized spacial score (nSPS) is 10.5. The summed E-state index contributed by atoms with van der Waals surface area (Å²) in [5, 5.41) is 4.25. The van der Waals surface area contributed by atoms with E-state index in [1.54, 1.807) is 10.7 Å². The fourth-order valence-corrected chi connectivity index (χ4v) is 2.07. The van der Waals surface area contributed by atoms with Crippen LogP contribution in [-0.2, 0) is 13.5 Å². The molecule has 19 heavy (non-hydrogen) atoms. The van der Waals surface area contributed by atoms with Gasteiger partial charge < -0.3 is 4.74 Å². The zero-order valence-electron chi connectivity index (χ0n) is 11.5. The van der Waals surface area contributed by atoms with E-state index in [2.05, 4.69) is 5.10 Å². The second-order valence-electron chi connectivity index (χ2n) is 4.43. The number of rotatable bonds is 5. The average Bonchev–Trinajstić information content (AvgIpc) is 2.69. The van der Waals surface area contributed by atoms with E-state index in [1.165, 1.54) is 0 Å². The summed E-state index contributed by atoms with van der Waals surface area (Å²) < 4.78 is 7.23. The molecule has 0 aliphatic heterocycles. The quantitative estimate of drug-likeness (QED) is 0.774. The van der Waals surface area contributed by atoms with E-state index in [4.69, 9.17) is 4.74 Å². The summed E-state index contributed by atoms with van der Waals surface area (Å²) in [6, 6.07) is 9.28. The van der Waals surface area contributed by atoms with Crippen LogP contribution in [0.1, 0.15) is 28.7 Å². The standard InChI is InChI=1S/C15H18N2O2/c1-4-19-15-8-6-5-7-13(15)14(18)10-12-9-11(2)16-17(12)3/h5-9H,4,10H2,1-3H3. The van der Waals surface area contributed by atoms with Crippen molar-refractivity contribution in [2.24, 2.45) is 7.05 Å². The molecule has 2 rings (SSSR count). The first kappa shape index (κ1) is 13.3. The molecule has 1 heterocycles. The van der Waals surface area contributed by atoms with Gasteiger partial charge in [0.05, 0.1) is 24.3 Å². The lowest BCUT2D eigenvalue weighted by molar-refractivity contribution is 0.0987. The number of hydrogen-bond acceptors (Lipinski definition) is 3. The smallest absolute Gasteiger partial charge is 0.172 e. The van der Waals surface area contributed by atoms with Crippen molar-refractivity contribution in [1.82, 2.24) is 9.78 Å². The molecule has 0 saturated heterocycles. The van der Waals surface area contributed by atoms with Crippen molar-refractivity contribution in [2.75, 3.05) is 6.61 Å². The van der Waals surface area contributed by atoms with Gasteiger partial charge in [0.25, 0.3) is 0 Å². The Morgan fingerprint density at radius 3 is 2.74 bits per heavy atom. The summed E-state index contributed by atoms with van der Waals surface area (Å²) in [4.78, 5) is 12.4. The van der Waals surface area contributed by atoms with Gasteiger partial charge in [-0.2, -0.15) is 5.10 Å². The SMILES string of the molecule is CCOc1ccccc1C(=O)Cc1cc(C)nn1C. The summed E-state index contributed by atoms with van der Waals surface area (Å²) in [6.07, 6.45) is 0.335. The van der Waals surface area contributed by atoms with Gasteiger partial charge in [-0.25, -0.2) is 0 Å². The minimum atomic E-state index is 0.0482. The number of benzene rings is 1. The highest BCUT2D eigenvalue weighted by Crippen LogP contribution is 2.20. The van der Waals surface area contributed by atoms with Crippen molar-refractivity contribution in [3.8, 4) is 5.75 Å². The van der Waals surface area contributed by atoms with E-state index < -0.39 is 0 Å². The maximum atomic E-state index is 12.4. The number of hydrogen-bond donors (Lipinski definition) is 0. The first-order chi connectivity index (χ1) is 9.11. The Morgan fingerprint density at radius 2 is 2.11 bits per heavy atom. The first-order valence-corrected chi connectivity index (χ1v) is 6.36. The molecule has 0 amide bonds. The van der Waals surface area contributed by atoms with Crippen molar-refractivity contribution < 1.29 is 9.53 Å². The third-order valence-electron chi connectivity index (χ3n) is 2.93.